The number of carboxylic acid groups (broad SMARTS) is 1. The molecule has 1 heterocycles. The molecule has 5 heteroatoms. The lowest BCUT2D eigenvalue weighted by Gasteiger charge is -2.07. The highest BCUT2D eigenvalue weighted by Crippen LogP contribution is 2.22. The summed E-state index contributed by atoms with van der Waals surface area (Å²) in [5.41, 5.74) is 0.309. The summed E-state index contributed by atoms with van der Waals surface area (Å²) in [5, 5.41) is 10.3. The number of pyridine rings is 1. The van der Waals surface area contributed by atoms with Crippen molar-refractivity contribution >= 4 is 28.5 Å². The van der Waals surface area contributed by atoms with E-state index in [0.29, 0.717) is 27.9 Å². The summed E-state index contributed by atoms with van der Waals surface area (Å²) in [6.07, 6.45) is 0.476. The Kier molecular flexibility index (Phi) is 2.90. The van der Waals surface area contributed by atoms with Crippen LogP contribution in [0.2, 0.25) is 5.02 Å². The lowest BCUT2D eigenvalue weighted by molar-refractivity contribution is 0.0694. The Labute approximate surface area is 102 Å². The largest absolute Gasteiger partial charge is 0.477 e. The maximum atomic E-state index is 11.7. The number of aromatic nitrogens is 1. The SMILES string of the molecule is CCc1c(C(=O)O)c(=O)[nH]c2cc(Cl)ccc12. The van der Waals surface area contributed by atoms with Gasteiger partial charge in [0, 0.05) is 10.4 Å². The first-order valence-corrected chi connectivity index (χ1v) is 5.50. The van der Waals surface area contributed by atoms with Crippen LogP contribution >= 0.6 is 11.6 Å². The maximum absolute atomic E-state index is 11.7. The van der Waals surface area contributed by atoms with E-state index in [4.69, 9.17) is 16.7 Å². The molecular formula is C12H10ClNO3. The molecule has 0 aliphatic rings. The summed E-state index contributed by atoms with van der Waals surface area (Å²) < 4.78 is 0. The van der Waals surface area contributed by atoms with Crippen molar-refractivity contribution in [2.75, 3.05) is 0 Å². The number of aromatic carboxylic acids is 1. The third-order valence-electron chi connectivity index (χ3n) is 2.65. The van der Waals surface area contributed by atoms with E-state index in [0.717, 1.165) is 0 Å². The van der Waals surface area contributed by atoms with Crippen LogP contribution in [-0.2, 0) is 6.42 Å². The predicted octanol–water partition coefficient (Wildman–Crippen LogP) is 2.44. The molecule has 0 fully saturated rings. The second-order valence-corrected chi connectivity index (χ2v) is 4.09. The van der Waals surface area contributed by atoms with Gasteiger partial charge in [-0.1, -0.05) is 24.6 Å². The highest BCUT2D eigenvalue weighted by atomic mass is 35.5. The zero-order chi connectivity index (χ0) is 12.6. The topological polar surface area (TPSA) is 70.2 Å². The van der Waals surface area contributed by atoms with Gasteiger partial charge in [-0.25, -0.2) is 4.79 Å². The Hall–Kier alpha value is -1.81. The first-order chi connectivity index (χ1) is 8.04. The molecule has 0 saturated heterocycles. The molecule has 0 aliphatic carbocycles. The number of carbonyl (C=O) groups is 1. The van der Waals surface area contributed by atoms with Gasteiger partial charge in [-0.3, -0.25) is 4.79 Å². The molecule has 2 N–H and O–H groups in total. The molecule has 2 rings (SSSR count). The molecule has 4 nitrogen and oxygen atoms in total. The van der Waals surface area contributed by atoms with E-state index in [-0.39, 0.29) is 5.56 Å². The molecule has 17 heavy (non-hydrogen) atoms. The Balaban J connectivity index is 2.95. The van der Waals surface area contributed by atoms with E-state index in [2.05, 4.69) is 4.98 Å². The second kappa shape index (κ2) is 4.22. The number of halogens is 1. The minimum absolute atomic E-state index is 0.192. The van der Waals surface area contributed by atoms with E-state index in [1.165, 1.54) is 0 Å². The zero-order valence-corrected chi connectivity index (χ0v) is 9.84. The van der Waals surface area contributed by atoms with Gasteiger partial charge in [-0.15, -0.1) is 0 Å². The van der Waals surface area contributed by atoms with E-state index in [1.54, 1.807) is 18.2 Å². The average molecular weight is 252 g/mol. The van der Waals surface area contributed by atoms with Crippen molar-refractivity contribution in [3.63, 3.8) is 0 Å². The molecule has 1 aromatic heterocycles. The Bertz CT molecular complexity index is 661. The number of nitrogens with one attached hydrogen (secondary N) is 1. The number of hydrogen-bond donors (Lipinski definition) is 2. The first-order valence-electron chi connectivity index (χ1n) is 5.12. The van der Waals surface area contributed by atoms with E-state index in [1.807, 2.05) is 6.92 Å². The fourth-order valence-corrected chi connectivity index (χ4v) is 2.11. The lowest BCUT2D eigenvalue weighted by Crippen LogP contribution is -2.20. The number of hydrogen-bond acceptors (Lipinski definition) is 2. The summed E-state index contributed by atoms with van der Waals surface area (Å²) in [7, 11) is 0. The summed E-state index contributed by atoms with van der Waals surface area (Å²) >= 11 is 5.83. The van der Waals surface area contributed by atoms with Crippen molar-refractivity contribution in [3.8, 4) is 0 Å². The standard InChI is InChI=1S/C12H10ClNO3/c1-2-7-8-4-3-6(13)5-9(8)14-11(15)10(7)12(16)17/h3-5H,2H2,1H3,(H,14,15)(H,16,17). The van der Waals surface area contributed by atoms with Crippen LogP contribution in [0.15, 0.2) is 23.0 Å². The highest BCUT2D eigenvalue weighted by molar-refractivity contribution is 6.31. The number of benzene rings is 1. The zero-order valence-electron chi connectivity index (χ0n) is 9.08. The maximum Gasteiger partial charge on any atom is 0.341 e. The van der Waals surface area contributed by atoms with Gasteiger partial charge < -0.3 is 10.1 Å². The monoisotopic (exact) mass is 251 g/mol. The lowest BCUT2D eigenvalue weighted by atomic mass is 10.0. The normalized spacial score (nSPS) is 10.7. The van der Waals surface area contributed by atoms with Crippen molar-refractivity contribution in [1.29, 1.82) is 0 Å². The average Bonchev–Trinajstić information content (AvgIpc) is 2.26. The highest BCUT2D eigenvalue weighted by Gasteiger charge is 2.17. The van der Waals surface area contributed by atoms with Crippen LogP contribution in [0, 0.1) is 0 Å². The Morgan fingerprint density at radius 2 is 2.18 bits per heavy atom. The molecule has 1 aromatic carbocycles. The fourth-order valence-electron chi connectivity index (χ4n) is 1.93. The summed E-state index contributed by atoms with van der Waals surface area (Å²) in [6, 6.07) is 5.01. The van der Waals surface area contributed by atoms with Gasteiger partial charge >= 0.3 is 5.97 Å². The molecule has 0 radical (unpaired) electrons. The summed E-state index contributed by atoms with van der Waals surface area (Å²) in [4.78, 5) is 25.3. The van der Waals surface area contributed by atoms with Crippen LogP contribution < -0.4 is 5.56 Å². The van der Waals surface area contributed by atoms with Crippen molar-refractivity contribution in [3.05, 3.63) is 44.7 Å². The van der Waals surface area contributed by atoms with Crippen LogP contribution in [0.1, 0.15) is 22.8 Å². The summed E-state index contributed by atoms with van der Waals surface area (Å²) in [5.74, 6) is -1.21. The fraction of sp³-hybridized carbons (Fsp3) is 0.167. The quantitative estimate of drug-likeness (QED) is 0.861. The van der Waals surface area contributed by atoms with Gasteiger partial charge in [0.15, 0.2) is 0 Å². The number of aromatic amines is 1. The number of carboxylic acids is 1. The molecule has 88 valence electrons. The van der Waals surface area contributed by atoms with Crippen molar-refractivity contribution in [1.82, 2.24) is 4.98 Å². The second-order valence-electron chi connectivity index (χ2n) is 3.66. The van der Waals surface area contributed by atoms with Crippen LogP contribution in [-0.4, -0.2) is 16.1 Å². The van der Waals surface area contributed by atoms with Crippen LogP contribution in [0.4, 0.5) is 0 Å². The molecule has 0 amide bonds. The molecular weight excluding hydrogens is 242 g/mol. The molecule has 0 spiro atoms. The first kappa shape index (κ1) is 11.7. The molecule has 0 aliphatic heterocycles. The van der Waals surface area contributed by atoms with Gasteiger partial charge in [-0.2, -0.15) is 0 Å². The number of fused-ring (bicyclic) bond motifs is 1. The number of H-pyrrole nitrogens is 1. The summed E-state index contributed by atoms with van der Waals surface area (Å²) in [6.45, 7) is 1.81. The Morgan fingerprint density at radius 1 is 1.47 bits per heavy atom. The molecule has 2 aromatic rings. The number of aryl methyl sites for hydroxylation is 1. The van der Waals surface area contributed by atoms with Gasteiger partial charge in [-0.05, 0) is 24.1 Å². The van der Waals surface area contributed by atoms with Crippen molar-refractivity contribution in [2.24, 2.45) is 0 Å². The van der Waals surface area contributed by atoms with Crippen molar-refractivity contribution < 1.29 is 9.90 Å². The van der Waals surface area contributed by atoms with Crippen LogP contribution in [0.25, 0.3) is 10.9 Å². The third-order valence-corrected chi connectivity index (χ3v) is 2.89. The molecule has 0 atom stereocenters. The smallest absolute Gasteiger partial charge is 0.341 e. The third kappa shape index (κ3) is 1.91. The Morgan fingerprint density at radius 3 is 2.76 bits per heavy atom. The van der Waals surface area contributed by atoms with Crippen LogP contribution in [0.5, 0.6) is 0 Å². The minimum Gasteiger partial charge on any atom is -0.477 e. The molecule has 0 saturated carbocycles. The molecule has 0 bridgehead atoms. The van der Waals surface area contributed by atoms with E-state index < -0.39 is 11.5 Å². The molecule has 0 unspecified atom stereocenters. The van der Waals surface area contributed by atoms with Gasteiger partial charge in [0.25, 0.3) is 5.56 Å². The minimum atomic E-state index is -1.21. The van der Waals surface area contributed by atoms with Crippen molar-refractivity contribution in [2.45, 2.75) is 13.3 Å². The van der Waals surface area contributed by atoms with Gasteiger partial charge in [0.1, 0.15) is 5.56 Å². The predicted molar refractivity (Wildman–Crippen MR) is 65.9 cm³/mol. The number of rotatable bonds is 2. The van der Waals surface area contributed by atoms with E-state index >= 15 is 0 Å². The van der Waals surface area contributed by atoms with E-state index in [9.17, 15) is 9.59 Å². The van der Waals surface area contributed by atoms with Gasteiger partial charge in [0.05, 0.1) is 5.52 Å². The van der Waals surface area contributed by atoms with Crippen LogP contribution in [0.3, 0.4) is 0 Å². The van der Waals surface area contributed by atoms with Gasteiger partial charge in [0.2, 0.25) is 0 Å².